The Morgan fingerprint density at radius 3 is 2.52 bits per heavy atom. The number of nitrogens with zero attached hydrogens (tertiary/aromatic N) is 1. The summed E-state index contributed by atoms with van der Waals surface area (Å²) in [5.41, 5.74) is 4.45. The lowest BCUT2D eigenvalue weighted by atomic mass is 10.1. The average molecular weight is 325 g/mol. The van der Waals surface area contributed by atoms with Crippen LogP contribution in [0.25, 0.3) is 5.70 Å². The lowest BCUT2D eigenvalue weighted by Crippen LogP contribution is -2.38. The fraction of sp³-hybridized carbons (Fsp3) is 0.143. The maximum Gasteiger partial charge on any atom is 0.228 e. The number of hydrogen-bond donors (Lipinski definition) is 1. The number of sulfonamides is 1. The molecule has 1 atom stereocenters. The zero-order valence-electron chi connectivity index (χ0n) is 11.2. The first-order valence-corrected chi connectivity index (χ1v) is 8.45. The van der Waals surface area contributed by atoms with E-state index >= 15 is 0 Å². The minimum atomic E-state index is -3.44. The van der Waals surface area contributed by atoms with Crippen molar-refractivity contribution in [1.82, 2.24) is 9.84 Å². The Hall–Kier alpha value is -1.76. The molecule has 1 aromatic carbocycles. The van der Waals surface area contributed by atoms with Crippen LogP contribution in [0.3, 0.4) is 0 Å². The minimum absolute atomic E-state index is 0.513. The lowest BCUT2D eigenvalue weighted by Gasteiger charge is -2.21. The van der Waals surface area contributed by atoms with Gasteiger partial charge in [-0.05, 0) is 35.9 Å². The molecule has 0 amide bonds. The van der Waals surface area contributed by atoms with E-state index < -0.39 is 16.1 Å². The zero-order valence-corrected chi connectivity index (χ0v) is 12.7. The molecule has 0 saturated heterocycles. The fourth-order valence-corrected chi connectivity index (χ4v) is 3.16. The quantitative estimate of drug-likeness (QED) is 0.943. The Morgan fingerprint density at radius 1 is 1.24 bits per heavy atom. The first kappa shape index (κ1) is 14.2. The lowest BCUT2D eigenvalue weighted by molar-refractivity contribution is 0.312. The Labute approximate surface area is 127 Å². The number of nitrogens with one attached hydrogen (secondary N) is 1. The van der Waals surface area contributed by atoms with Crippen LogP contribution in [0.2, 0.25) is 5.02 Å². The molecule has 3 rings (SSSR count). The second-order valence-electron chi connectivity index (χ2n) is 4.72. The van der Waals surface area contributed by atoms with Gasteiger partial charge in [-0.2, -0.15) is 0 Å². The molecule has 2 aromatic rings. The fourth-order valence-electron chi connectivity index (χ4n) is 2.19. The molecule has 0 bridgehead atoms. The molecule has 0 spiro atoms. The Morgan fingerprint density at radius 2 is 1.95 bits per heavy atom. The van der Waals surface area contributed by atoms with Crippen molar-refractivity contribution in [2.75, 3.05) is 6.26 Å². The van der Waals surface area contributed by atoms with Crippen LogP contribution in [0.4, 0.5) is 0 Å². The minimum Gasteiger partial charge on any atom is -0.467 e. The van der Waals surface area contributed by atoms with E-state index in [4.69, 9.17) is 16.0 Å². The SMILES string of the molecule is CS(=O)(=O)N1NC(c2ccc(Cl)cc2)=CC1c1ccco1. The molecule has 1 unspecified atom stereocenters. The van der Waals surface area contributed by atoms with E-state index in [-0.39, 0.29) is 0 Å². The second-order valence-corrected chi connectivity index (χ2v) is 7.01. The van der Waals surface area contributed by atoms with Gasteiger partial charge in [-0.25, -0.2) is 8.42 Å². The summed E-state index contributed by atoms with van der Waals surface area (Å²) in [4.78, 5) is 0. The third kappa shape index (κ3) is 2.83. The van der Waals surface area contributed by atoms with E-state index in [0.29, 0.717) is 16.5 Å². The van der Waals surface area contributed by atoms with E-state index in [0.717, 1.165) is 11.8 Å². The molecule has 1 aliphatic heterocycles. The van der Waals surface area contributed by atoms with Gasteiger partial charge >= 0.3 is 0 Å². The van der Waals surface area contributed by atoms with Crippen LogP contribution < -0.4 is 5.43 Å². The first-order valence-electron chi connectivity index (χ1n) is 6.22. The van der Waals surface area contributed by atoms with Crippen molar-refractivity contribution in [3.8, 4) is 0 Å². The summed E-state index contributed by atoms with van der Waals surface area (Å²) in [5.74, 6) is 0.553. The molecule has 1 N–H and O–H groups in total. The van der Waals surface area contributed by atoms with Crippen LogP contribution in [0.15, 0.2) is 53.2 Å². The summed E-state index contributed by atoms with van der Waals surface area (Å²) >= 11 is 5.87. The number of hydrazine groups is 1. The van der Waals surface area contributed by atoms with Crippen molar-refractivity contribution in [2.24, 2.45) is 0 Å². The van der Waals surface area contributed by atoms with Crippen LogP contribution in [-0.2, 0) is 10.0 Å². The largest absolute Gasteiger partial charge is 0.467 e. The van der Waals surface area contributed by atoms with Gasteiger partial charge in [0, 0.05) is 5.02 Å². The molecule has 0 radical (unpaired) electrons. The molecule has 0 fully saturated rings. The standard InChI is InChI=1S/C14H13ClN2O3S/c1-21(18,19)17-13(14-3-2-8-20-14)9-12(16-17)10-4-6-11(15)7-5-10/h2-9,13,16H,1H3. The van der Waals surface area contributed by atoms with Gasteiger partial charge in [0.25, 0.3) is 0 Å². The van der Waals surface area contributed by atoms with Gasteiger partial charge in [-0.3, -0.25) is 0 Å². The van der Waals surface area contributed by atoms with Gasteiger partial charge in [-0.1, -0.05) is 23.7 Å². The Balaban J connectivity index is 2.00. The van der Waals surface area contributed by atoms with E-state index in [1.165, 1.54) is 10.7 Å². The monoisotopic (exact) mass is 324 g/mol. The van der Waals surface area contributed by atoms with Crippen molar-refractivity contribution in [3.63, 3.8) is 0 Å². The maximum absolute atomic E-state index is 11.9. The van der Waals surface area contributed by atoms with Gasteiger partial charge in [0.1, 0.15) is 11.8 Å². The van der Waals surface area contributed by atoms with E-state index in [2.05, 4.69) is 5.43 Å². The number of rotatable bonds is 3. The maximum atomic E-state index is 11.9. The number of halogens is 1. The van der Waals surface area contributed by atoms with Gasteiger partial charge in [0.15, 0.2) is 0 Å². The van der Waals surface area contributed by atoms with E-state index in [1.54, 1.807) is 24.3 Å². The summed E-state index contributed by atoms with van der Waals surface area (Å²) in [6.45, 7) is 0. The summed E-state index contributed by atoms with van der Waals surface area (Å²) in [7, 11) is -3.44. The Bertz CT molecular complexity index is 767. The number of benzene rings is 1. The highest BCUT2D eigenvalue weighted by molar-refractivity contribution is 7.88. The van der Waals surface area contributed by atoms with Crippen molar-refractivity contribution in [1.29, 1.82) is 0 Å². The van der Waals surface area contributed by atoms with Gasteiger partial charge in [0.05, 0.1) is 18.2 Å². The van der Waals surface area contributed by atoms with Crippen molar-refractivity contribution in [3.05, 3.63) is 65.1 Å². The highest BCUT2D eigenvalue weighted by atomic mass is 35.5. The molecule has 2 heterocycles. The zero-order chi connectivity index (χ0) is 15.0. The van der Waals surface area contributed by atoms with Crippen LogP contribution in [0.1, 0.15) is 17.4 Å². The molecule has 0 aliphatic carbocycles. The third-order valence-electron chi connectivity index (χ3n) is 3.16. The summed E-state index contributed by atoms with van der Waals surface area (Å²) in [5, 5.41) is 0.625. The number of furan rings is 1. The molecule has 1 aromatic heterocycles. The molecular formula is C14H13ClN2O3S. The van der Waals surface area contributed by atoms with Crippen molar-refractivity contribution in [2.45, 2.75) is 6.04 Å². The van der Waals surface area contributed by atoms with Gasteiger partial charge < -0.3 is 9.84 Å². The summed E-state index contributed by atoms with van der Waals surface area (Å²) in [6, 6.07) is 10.1. The number of hydrogen-bond acceptors (Lipinski definition) is 4. The van der Waals surface area contributed by atoms with Gasteiger partial charge in [-0.15, -0.1) is 4.41 Å². The first-order chi connectivity index (χ1) is 9.95. The third-order valence-corrected chi connectivity index (χ3v) is 4.44. The van der Waals surface area contributed by atoms with Crippen LogP contribution in [0, 0.1) is 0 Å². The van der Waals surface area contributed by atoms with Crippen molar-refractivity contribution >= 4 is 27.3 Å². The molecular weight excluding hydrogens is 312 g/mol. The highest BCUT2D eigenvalue weighted by Gasteiger charge is 2.34. The summed E-state index contributed by atoms with van der Waals surface area (Å²) < 4.78 is 30.4. The van der Waals surface area contributed by atoms with Crippen LogP contribution >= 0.6 is 11.6 Å². The predicted molar refractivity (Wildman–Crippen MR) is 80.7 cm³/mol. The smallest absolute Gasteiger partial charge is 0.228 e. The van der Waals surface area contributed by atoms with Gasteiger partial charge in [0.2, 0.25) is 10.0 Å². The second kappa shape index (κ2) is 5.22. The van der Waals surface area contributed by atoms with Crippen LogP contribution in [-0.4, -0.2) is 19.1 Å². The van der Waals surface area contributed by atoms with Crippen LogP contribution in [0.5, 0.6) is 0 Å². The average Bonchev–Trinajstić information content (AvgIpc) is 3.07. The van der Waals surface area contributed by atoms with E-state index in [9.17, 15) is 8.42 Å². The molecule has 7 heteroatoms. The molecule has 110 valence electrons. The normalized spacial score (nSPS) is 19.3. The molecule has 21 heavy (non-hydrogen) atoms. The summed E-state index contributed by atoms with van der Waals surface area (Å²) in [6.07, 6.45) is 4.47. The van der Waals surface area contributed by atoms with Crippen molar-refractivity contribution < 1.29 is 12.8 Å². The van der Waals surface area contributed by atoms with E-state index in [1.807, 2.05) is 18.2 Å². The molecule has 1 aliphatic rings. The molecule has 5 nitrogen and oxygen atoms in total. The topological polar surface area (TPSA) is 62.6 Å². The Kier molecular flexibility index (Phi) is 3.52. The highest BCUT2D eigenvalue weighted by Crippen LogP contribution is 2.33. The molecule has 0 saturated carbocycles. The predicted octanol–water partition coefficient (Wildman–Crippen LogP) is 2.80.